The molecular formula is C10H21N3O. The lowest BCUT2D eigenvalue weighted by atomic mass is 10.2. The summed E-state index contributed by atoms with van der Waals surface area (Å²) in [6.45, 7) is 5.14. The molecular weight excluding hydrogens is 178 g/mol. The van der Waals surface area contributed by atoms with Crippen LogP contribution in [0.15, 0.2) is 24.2 Å². The second kappa shape index (κ2) is 8.44. The highest BCUT2D eigenvalue weighted by molar-refractivity contribution is 4.94. The van der Waals surface area contributed by atoms with Crippen LogP contribution in [0.1, 0.15) is 19.3 Å². The summed E-state index contributed by atoms with van der Waals surface area (Å²) in [4.78, 5) is 0. The fourth-order valence-corrected chi connectivity index (χ4v) is 0.913. The minimum atomic E-state index is 0.656. The molecule has 4 heteroatoms. The quantitative estimate of drug-likeness (QED) is 0.502. The van der Waals surface area contributed by atoms with Crippen molar-refractivity contribution in [1.29, 1.82) is 0 Å². The van der Waals surface area contributed by atoms with E-state index in [0.29, 0.717) is 6.61 Å². The highest BCUT2D eigenvalue weighted by Crippen LogP contribution is 1.94. The number of nitrogens with one attached hydrogen (secondary N) is 1. The molecule has 0 spiro atoms. The molecule has 14 heavy (non-hydrogen) atoms. The van der Waals surface area contributed by atoms with E-state index in [1.807, 2.05) is 6.20 Å². The molecule has 0 saturated heterocycles. The maximum Gasteiger partial charge on any atom is 0.0517 e. The van der Waals surface area contributed by atoms with Crippen molar-refractivity contribution in [2.45, 2.75) is 19.3 Å². The van der Waals surface area contributed by atoms with Gasteiger partial charge in [0.1, 0.15) is 0 Å². The van der Waals surface area contributed by atoms with Crippen molar-refractivity contribution in [1.82, 2.24) is 5.32 Å². The summed E-state index contributed by atoms with van der Waals surface area (Å²) < 4.78 is 4.89. The van der Waals surface area contributed by atoms with Gasteiger partial charge in [-0.1, -0.05) is 6.58 Å². The topological polar surface area (TPSA) is 73.3 Å². The third-order valence-electron chi connectivity index (χ3n) is 1.70. The van der Waals surface area contributed by atoms with E-state index in [1.54, 1.807) is 7.11 Å². The van der Waals surface area contributed by atoms with E-state index in [4.69, 9.17) is 16.2 Å². The number of rotatable bonds is 8. The number of allylic oxidation sites excluding steroid dienone is 1. The SMILES string of the molecule is C=C(N)CCCN/C=C(\N)CCOC. The van der Waals surface area contributed by atoms with Crippen LogP contribution in [-0.2, 0) is 4.74 Å². The summed E-state index contributed by atoms with van der Waals surface area (Å²) in [7, 11) is 1.66. The molecule has 0 heterocycles. The lowest BCUT2D eigenvalue weighted by molar-refractivity contribution is 0.201. The first-order valence-electron chi connectivity index (χ1n) is 4.77. The van der Waals surface area contributed by atoms with Gasteiger partial charge >= 0.3 is 0 Å². The summed E-state index contributed by atoms with van der Waals surface area (Å²) in [6, 6.07) is 0. The third-order valence-corrected chi connectivity index (χ3v) is 1.70. The van der Waals surface area contributed by atoms with Gasteiger partial charge in [-0.05, 0) is 12.8 Å². The van der Waals surface area contributed by atoms with Gasteiger partial charge in [-0.25, -0.2) is 0 Å². The lowest BCUT2D eigenvalue weighted by Gasteiger charge is -2.03. The monoisotopic (exact) mass is 199 g/mol. The Kier molecular flexibility index (Phi) is 7.74. The maximum absolute atomic E-state index is 5.68. The Morgan fingerprint density at radius 3 is 2.71 bits per heavy atom. The van der Waals surface area contributed by atoms with E-state index in [-0.39, 0.29) is 0 Å². The number of methoxy groups -OCH3 is 1. The standard InChI is InChI=1S/C10H21N3O/c1-9(11)4-3-6-13-8-10(12)5-7-14-2/h8,13H,1,3-7,11-12H2,2H3/b10-8-. The van der Waals surface area contributed by atoms with E-state index >= 15 is 0 Å². The molecule has 0 aromatic carbocycles. The Morgan fingerprint density at radius 1 is 1.43 bits per heavy atom. The molecule has 0 aliphatic rings. The molecule has 0 aliphatic heterocycles. The highest BCUT2D eigenvalue weighted by atomic mass is 16.5. The van der Waals surface area contributed by atoms with Gasteiger partial charge in [0.05, 0.1) is 6.61 Å². The van der Waals surface area contributed by atoms with Crippen LogP contribution >= 0.6 is 0 Å². The normalized spacial score (nSPS) is 11.4. The van der Waals surface area contributed by atoms with Crippen LogP contribution < -0.4 is 16.8 Å². The van der Waals surface area contributed by atoms with Crippen LogP contribution in [0.3, 0.4) is 0 Å². The molecule has 0 aromatic heterocycles. The van der Waals surface area contributed by atoms with Gasteiger partial charge in [-0.2, -0.15) is 0 Å². The zero-order chi connectivity index (χ0) is 10.8. The number of hydrogen-bond donors (Lipinski definition) is 3. The zero-order valence-corrected chi connectivity index (χ0v) is 8.88. The Morgan fingerprint density at radius 2 is 2.14 bits per heavy atom. The van der Waals surface area contributed by atoms with Crippen molar-refractivity contribution in [2.24, 2.45) is 11.5 Å². The Bertz CT molecular complexity index is 190. The molecule has 82 valence electrons. The molecule has 0 bridgehead atoms. The number of hydrogen-bond acceptors (Lipinski definition) is 4. The third kappa shape index (κ3) is 8.93. The number of nitrogens with two attached hydrogens (primary N) is 2. The molecule has 0 saturated carbocycles. The molecule has 0 unspecified atom stereocenters. The fourth-order valence-electron chi connectivity index (χ4n) is 0.913. The summed E-state index contributed by atoms with van der Waals surface area (Å²) in [5.74, 6) is 0. The second-order valence-corrected chi connectivity index (χ2v) is 3.18. The average Bonchev–Trinajstić information content (AvgIpc) is 2.13. The Balaban J connectivity index is 3.36. The van der Waals surface area contributed by atoms with Gasteiger partial charge in [0, 0.05) is 37.7 Å². The van der Waals surface area contributed by atoms with Crippen LogP contribution in [0.4, 0.5) is 0 Å². The van der Waals surface area contributed by atoms with Crippen LogP contribution in [0.5, 0.6) is 0 Å². The summed E-state index contributed by atoms with van der Waals surface area (Å²) >= 11 is 0. The smallest absolute Gasteiger partial charge is 0.0517 e. The Labute approximate surface area is 86.0 Å². The van der Waals surface area contributed by atoms with Crippen LogP contribution in [0.25, 0.3) is 0 Å². The zero-order valence-electron chi connectivity index (χ0n) is 8.88. The van der Waals surface area contributed by atoms with Gasteiger partial charge in [0.25, 0.3) is 0 Å². The minimum absolute atomic E-state index is 0.656. The molecule has 0 aliphatic carbocycles. The number of ether oxygens (including phenoxy) is 1. The van der Waals surface area contributed by atoms with Crippen LogP contribution in [0, 0.1) is 0 Å². The Hall–Kier alpha value is -1.16. The molecule has 5 N–H and O–H groups in total. The van der Waals surface area contributed by atoms with Crippen LogP contribution in [-0.4, -0.2) is 20.3 Å². The van der Waals surface area contributed by atoms with E-state index in [9.17, 15) is 0 Å². The lowest BCUT2D eigenvalue weighted by Crippen LogP contribution is -2.13. The van der Waals surface area contributed by atoms with Crippen molar-refractivity contribution in [3.8, 4) is 0 Å². The summed E-state index contributed by atoms with van der Waals surface area (Å²) in [5, 5.41) is 3.11. The van der Waals surface area contributed by atoms with Gasteiger partial charge in [0.15, 0.2) is 0 Å². The molecule has 0 atom stereocenters. The second-order valence-electron chi connectivity index (χ2n) is 3.18. The van der Waals surface area contributed by atoms with Crippen molar-refractivity contribution in [3.05, 3.63) is 24.2 Å². The molecule has 0 radical (unpaired) electrons. The van der Waals surface area contributed by atoms with Gasteiger partial charge in [0.2, 0.25) is 0 Å². The largest absolute Gasteiger partial charge is 0.403 e. The predicted molar refractivity (Wildman–Crippen MR) is 59.3 cm³/mol. The predicted octanol–water partition coefficient (Wildman–Crippen LogP) is 0.665. The van der Waals surface area contributed by atoms with E-state index in [0.717, 1.165) is 37.2 Å². The molecule has 0 rings (SSSR count). The van der Waals surface area contributed by atoms with E-state index in [2.05, 4.69) is 11.9 Å². The summed E-state index contributed by atoms with van der Waals surface area (Å²) in [6.07, 6.45) is 4.40. The van der Waals surface area contributed by atoms with Crippen molar-refractivity contribution < 1.29 is 4.74 Å². The van der Waals surface area contributed by atoms with Crippen molar-refractivity contribution in [3.63, 3.8) is 0 Å². The van der Waals surface area contributed by atoms with E-state index in [1.165, 1.54) is 0 Å². The molecule has 0 fully saturated rings. The fraction of sp³-hybridized carbons (Fsp3) is 0.600. The molecule has 4 nitrogen and oxygen atoms in total. The molecule has 0 amide bonds. The first-order valence-corrected chi connectivity index (χ1v) is 4.77. The van der Waals surface area contributed by atoms with Gasteiger partial charge < -0.3 is 21.5 Å². The summed E-state index contributed by atoms with van der Waals surface area (Å²) in [5.41, 5.74) is 12.6. The highest BCUT2D eigenvalue weighted by Gasteiger charge is 1.90. The molecule has 0 aromatic rings. The maximum atomic E-state index is 5.68. The minimum Gasteiger partial charge on any atom is -0.403 e. The van der Waals surface area contributed by atoms with Crippen LogP contribution in [0.2, 0.25) is 0 Å². The first-order chi connectivity index (χ1) is 6.66. The van der Waals surface area contributed by atoms with Crippen molar-refractivity contribution >= 4 is 0 Å². The van der Waals surface area contributed by atoms with Gasteiger partial charge in [-0.3, -0.25) is 0 Å². The first kappa shape index (κ1) is 12.8. The average molecular weight is 199 g/mol. The van der Waals surface area contributed by atoms with E-state index < -0.39 is 0 Å². The van der Waals surface area contributed by atoms with Gasteiger partial charge in [-0.15, -0.1) is 0 Å². The van der Waals surface area contributed by atoms with Crippen molar-refractivity contribution in [2.75, 3.05) is 20.3 Å².